The Kier molecular flexibility index (Phi) is 2.26. The highest BCUT2D eigenvalue weighted by molar-refractivity contribution is 5.73. The Labute approximate surface area is 81.8 Å². The number of hydrogen-bond acceptors (Lipinski definition) is 4. The summed E-state index contributed by atoms with van der Waals surface area (Å²) in [6, 6.07) is 5.62. The molecule has 1 N–H and O–H groups in total. The van der Waals surface area contributed by atoms with E-state index >= 15 is 0 Å². The molecular weight excluding hydrogens is 182 g/mol. The fourth-order valence-electron chi connectivity index (χ4n) is 1.38. The Hall–Kier alpha value is -1.71. The van der Waals surface area contributed by atoms with E-state index in [-0.39, 0.29) is 5.97 Å². The minimum Gasteiger partial charge on any atom is -0.471 e. The lowest BCUT2D eigenvalue weighted by molar-refractivity contribution is -0.139. The monoisotopic (exact) mass is 193 g/mol. The van der Waals surface area contributed by atoms with Crippen molar-refractivity contribution in [1.82, 2.24) is 0 Å². The van der Waals surface area contributed by atoms with Crippen LogP contribution in [0.15, 0.2) is 18.2 Å². The lowest BCUT2D eigenvalue weighted by Crippen LogP contribution is -2.04. The summed E-state index contributed by atoms with van der Waals surface area (Å²) in [4.78, 5) is 11.0. The molecule has 1 aromatic rings. The number of nitrogens with one attached hydrogen (secondary N) is 1. The molecule has 0 bridgehead atoms. The summed E-state index contributed by atoms with van der Waals surface area (Å²) in [5, 5.41) is 3.06. The largest absolute Gasteiger partial charge is 0.471 e. The Morgan fingerprint density at radius 1 is 1.64 bits per heavy atom. The van der Waals surface area contributed by atoms with Gasteiger partial charge in [0.1, 0.15) is 5.75 Å². The van der Waals surface area contributed by atoms with Crippen LogP contribution < -0.4 is 10.1 Å². The Bertz CT molecular complexity index is 362. The van der Waals surface area contributed by atoms with E-state index < -0.39 is 0 Å². The topological polar surface area (TPSA) is 47.6 Å². The van der Waals surface area contributed by atoms with Crippen molar-refractivity contribution in [2.75, 3.05) is 19.2 Å². The molecule has 14 heavy (non-hydrogen) atoms. The van der Waals surface area contributed by atoms with Crippen LogP contribution in [0.4, 0.5) is 5.69 Å². The molecule has 0 fully saturated rings. The molecule has 1 aliphatic rings. The van der Waals surface area contributed by atoms with Crippen LogP contribution in [-0.4, -0.2) is 19.8 Å². The highest BCUT2D eigenvalue weighted by Crippen LogP contribution is 2.29. The first kappa shape index (κ1) is 8.87. The third-order valence-electron chi connectivity index (χ3n) is 2.11. The fourth-order valence-corrected chi connectivity index (χ4v) is 1.38. The Morgan fingerprint density at radius 3 is 3.29 bits per heavy atom. The van der Waals surface area contributed by atoms with Crippen LogP contribution in [0.3, 0.4) is 0 Å². The molecule has 0 radical (unpaired) electrons. The number of carbonyl (C=O) groups is 1. The summed E-state index contributed by atoms with van der Waals surface area (Å²) in [6.45, 7) is 0.497. The van der Waals surface area contributed by atoms with E-state index in [0.717, 1.165) is 17.0 Å². The predicted molar refractivity (Wildman–Crippen MR) is 51.3 cm³/mol. The normalized spacial score (nSPS) is 12.6. The number of benzene rings is 1. The smallest absolute Gasteiger partial charge is 0.309 e. The maximum absolute atomic E-state index is 11.0. The van der Waals surface area contributed by atoms with Crippen molar-refractivity contribution in [1.29, 1.82) is 0 Å². The summed E-state index contributed by atoms with van der Waals surface area (Å²) < 4.78 is 9.84. The standard InChI is InChI=1S/C10H11NO3/c1-13-10(12)5-7-2-3-9-8(4-7)11-6-14-9/h2-4,11H,5-6H2,1H3. The number of anilines is 1. The molecule has 0 spiro atoms. The zero-order chi connectivity index (χ0) is 9.97. The molecule has 2 rings (SSSR count). The predicted octanol–water partition coefficient (Wildman–Crippen LogP) is 1.16. The van der Waals surface area contributed by atoms with E-state index in [1.54, 1.807) is 0 Å². The van der Waals surface area contributed by atoms with Gasteiger partial charge in [-0.15, -0.1) is 0 Å². The van der Waals surface area contributed by atoms with Crippen LogP contribution in [0.5, 0.6) is 5.75 Å². The van der Waals surface area contributed by atoms with Crippen molar-refractivity contribution in [2.24, 2.45) is 0 Å². The maximum atomic E-state index is 11.0. The lowest BCUT2D eigenvalue weighted by atomic mass is 10.1. The first-order valence-corrected chi connectivity index (χ1v) is 4.36. The quantitative estimate of drug-likeness (QED) is 0.716. The Morgan fingerprint density at radius 2 is 2.50 bits per heavy atom. The molecule has 0 aliphatic carbocycles. The number of rotatable bonds is 2. The molecule has 0 aromatic heterocycles. The van der Waals surface area contributed by atoms with Crippen molar-refractivity contribution in [3.05, 3.63) is 23.8 Å². The summed E-state index contributed by atoms with van der Waals surface area (Å²) in [7, 11) is 1.39. The number of fused-ring (bicyclic) bond motifs is 1. The van der Waals surface area contributed by atoms with Gasteiger partial charge in [-0.05, 0) is 17.7 Å². The van der Waals surface area contributed by atoms with Gasteiger partial charge in [0.15, 0.2) is 6.73 Å². The number of ether oxygens (including phenoxy) is 2. The van der Waals surface area contributed by atoms with E-state index in [9.17, 15) is 4.79 Å². The molecule has 1 aromatic carbocycles. The third kappa shape index (κ3) is 1.64. The Balaban J connectivity index is 2.16. The van der Waals surface area contributed by atoms with Gasteiger partial charge >= 0.3 is 5.97 Å². The van der Waals surface area contributed by atoms with Gasteiger partial charge in [-0.1, -0.05) is 6.07 Å². The minimum atomic E-state index is -0.233. The second-order valence-corrected chi connectivity index (χ2v) is 3.05. The number of carbonyl (C=O) groups excluding carboxylic acids is 1. The van der Waals surface area contributed by atoms with Crippen molar-refractivity contribution < 1.29 is 14.3 Å². The van der Waals surface area contributed by atoms with Gasteiger partial charge in [0.2, 0.25) is 0 Å². The first-order valence-electron chi connectivity index (χ1n) is 4.36. The highest BCUT2D eigenvalue weighted by atomic mass is 16.5. The van der Waals surface area contributed by atoms with Gasteiger partial charge < -0.3 is 14.8 Å². The van der Waals surface area contributed by atoms with Crippen LogP contribution in [-0.2, 0) is 16.0 Å². The van der Waals surface area contributed by atoms with E-state index in [4.69, 9.17) is 4.74 Å². The van der Waals surface area contributed by atoms with Gasteiger partial charge in [-0.2, -0.15) is 0 Å². The van der Waals surface area contributed by atoms with Crippen LogP contribution in [0, 0.1) is 0 Å². The molecule has 4 heteroatoms. The number of esters is 1. The molecule has 0 saturated carbocycles. The van der Waals surface area contributed by atoms with Crippen LogP contribution >= 0.6 is 0 Å². The van der Waals surface area contributed by atoms with Crippen LogP contribution in [0.1, 0.15) is 5.56 Å². The van der Waals surface area contributed by atoms with E-state index in [1.807, 2.05) is 18.2 Å². The molecule has 4 nitrogen and oxygen atoms in total. The van der Waals surface area contributed by atoms with E-state index in [2.05, 4.69) is 10.1 Å². The average molecular weight is 193 g/mol. The zero-order valence-electron chi connectivity index (χ0n) is 7.87. The molecule has 0 unspecified atom stereocenters. The molecule has 1 aliphatic heterocycles. The average Bonchev–Trinajstić information content (AvgIpc) is 2.64. The minimum absolute atomic E-state index is 0.233. The van der Waals surface area contributed by atoms with E-state index in [1.165, 1.54) is 7.11 Å². The molecule has 0 amide bonds. The summed E-state index contributed by atoms with van der Waals surface area (Å²) in [6.07, 6.45) is 0.297. The van der Waals surface area contributed by atoms with Crippen molar-refractivity contribution in [3.63, 3.8) is 0 Å². The molecular formula is C10H11NO3. The lowest BCUT2D eigenvalue weighted by Gasteiger charge is -2.02. The van der Waals surface area contributed by atoms with Crippen molar-refractivity contribution in [2.45, 2.75) is 6.42 Å². The SMILES string of the molecule is COC(=O)Cc1ccc2c(c1)NCO2. The van der Waals surface area contributed by atoms with Crippen LogP contribution in [0.25, 0.3) is 0 Å². The number of hydrogen-bond donors (Lipinski definition) is 1. The highest BCUT2D eigenvalue weighted by Gasteiger charge is 2.12. The van der Waals surface area contributed by atoms with Crippen molar-refractivity contribution in [3.8, 4) is 5.75 Å². The number of methoxy groups -OCH3 is 1. The third-order valence-corrected chi connectivity index (χ3v) is 2.11. The first-order chi connectivity index (χ1) is 6.79. The zero-order valence-corrected chi connectivity index (χ0v) is 7.87. The molecule has 0 saturated heterocycles. The fraction of sp³-hybridized carbons (Fsp3) is 0.300. The van der Waals surface area contributed by atoms with Gasteiger partial charge in [0.05, 0.1) is 19.2 Å². The maximum Gasteiger partial charge on any atom is 0.309 e. The van der Waals surface area contributed by atoms with Gasteiger partial charge in [-0.3, -0.25) is 4.79 Å². The van der Waals surface area contributed by atoms with Crippen molar-refractivity contribution >= 4 is 11.7 Å². The summed E-state index contributed by atoms with van der Waals surface area (Å²) in [5.41, 5.74) is 1.86. The molecule has 0 atom stereocenters. The summed E-state index contributed by atoms with van der Waals surface area (Å²) >= 11 is 0. The second-order valence-electron chi connectivity index (χ2n) is 3.05. The molecule has 74 valence electrons. The van der Waals surface area contributed by atoms with Gasteiger partial charge in [0.25, 0.3) is 0 Å². The van der Waals surface area contributed by atoms with Gasteiger partial charge in [0, 0.05) is 0 Å². The second kappa shape index (κ2) is 3.57. The van der Waals surface area contributed by atoms with Gasteiger partial charge in [-0.25, -0.2) is 0 Å². The molecule has 1 heterocycles. The summed E-state index contributed by atoms with van der Waals surface area (Å²) in [5.74, 6) is 0.600. The van der Waals surface area contributed by atoms with Crippen LogP contribution in [0.2, 0.25) is 0 Å². The van der Waals surface area contributed by atoms with E-state index in [0.29, 0.717) is 13.2 Å².